The molecule has 0 unspecified atom stereocenters. The Morgan fingerprint density at radius 3 is 2.62 bits per heavy atom. The van der Waals surface area contributed by atoms with Crippen LogP contribution >= 0.6 is 11.6 Å². The lowest BCUT2D eigenvalue weighted by Crippen LogP contribution is -2.12. The third-order valence-corrected chi connectivity index (χ3v) is 2.93. The fourth-order valence-corrected chi connectivity index (χ4v) is 2.12. The highest BCUT2D eigenvalue weighted by Crippen LogP contribution is 2.39. The summed E-state index contributed by atoms with van der Waals surface area (Å²) < 4.78 is 11.0. The van der Waals surface area contributed by atoms with Gasteiger partial charge in [0, 0.05) is 5.56 Å². The molecule has 0 aliphatic heterocycles. The van der Waals surface area contributed by atoms with Gasteiger partial charge in [-0.05, 0) is 26.0 Å². The number of carbonyl (C=O) groups is 1. The summed E-state index contributed by atoms with van der Waals surface area (Å²) in [5.41, 5.74) is 6.18. The molecule has 0 fully saturated rings. The van der Waals surface area contributed by atoms with E-state index in [4.69, 9.17) is 26.8 Å². The van der Waals surface area contributed by atoms with Crippen LogP contribution in [0.25, 0.3) is 11.3 Å². The number of amides is 1. The monoisotopic (exact) mass is 310 g/mol. The summed E-state index contributed by atoms with van der Waals surface area (Å²) in [6.07, 6.45) is 0. The van der Waals surface area contributed by atoms with Crippen LogP contribution in [-0.2, 0) is 0 Å². The molecular formula is C13H15ClN4O3. The number of rotatable bonds is 6. The molecule has 0 aliphatic rings. The van der Waals surface area contributed by atoms with Gasteiger partial charge in [-0.25, -0.2) is 0 Å². The van der Waals surface area contributed by atoms with Gasteiger partial charge in [-0.3, -0.25) is 4.79 Å². The molecule has 0 spiro atoms. The number of nitrogens with two attached hydrogens (primary N) is 1. The fraction of sp³-hybridized carbons (Fsp3) is 0.308. The molecule has 2 aromatic rings. The van der Waals surface area contributed by atoms with Crippen molar-refractivity contribution in [2.24, 2.45) is 5.73 Å². The number of halogens is 1. The van der Waals surface area contributed by atoms with E-state index >= 15 is 0 Å². The zero-order valence-corrected chi connectivity index (χ0v) is 12.4. The summed E-state index contributed by atoms with van der Waals surface area (Å²) in [5, 5.41) is 10.4. The van der Waals surface area contributed by atoms with Crippen molar-refractivity contribution in [3.63, 3.8) is 0 Å². The number of nitrogens with one attached hydrogen (secondary N) is 1. The molecule has 0 radical (unpaired) electrons. The Hall–Kier alpha value is -2.28. The standard InChI is InChI=1S/C13H15ClN4O3/c1-3-20-9-6-7(5-8(14)12(9)21-4-2)10-11(13(15)19)17-18-16-10/h5-6H,3-4H2,1-2H3,(H2,15,19)(H,16,17,18). The first-order valence-electron chi connectivity index (χ1n) is 6.38. The molecule has 1 heterocycles. The van der Waals surface area contributed by atoms with Crippen LogP contribution in [0.4, 0.5) is 0 Å². The Labute approximate surface area is 126 Å². The molecule has 1 aromatic carbocycles. The van der Waals surface area contributed by atoms with Crippen molar-refractivity contribution in [2.75, 3.05) is 13.2 Å². The number of carbonyl (C=O) groups excluding carboxylic acids is 1. The van der Waals surface area contributed by atoms with Gasteiger partial charge < -0.3 is 15.2 Å². The van der Waals surface area contributed by atoms with Crippen LogP contribution in [0.15, 0.2) is 12.1 Å². The van der Waals surface area contributed by atoms with Gasteiger partial charge in [-0.15, -0.1) is 0 Å². The van der Waals surface area contributed by atoms with E-state index in [1.165, 1.54) is 0 Å². The summed E-state index contributed by atoms with van der Waals surface area (Å²) in [6.45, 7) is 4.60. The number of benzene rings is 1. The van der Waals surface area contributed by atoms with E-state index in [1.807, 2.05) is 13.8 Å². The lowest BCUT2D eigenvalue weighted by molar-refractivity contribution is 0.0996. The average molecular weight is 311 g/mol. The van der Waals surface area contributed by atoms with E-state index in [-0.39, 0.29) is 5.69 Å². The Balaban J connectivity index is 2.55. The van der Waals surface area contributed by atoms with Gasteiger partial charge in [0.2, 0.25) is 0 Å². The predicted octanol–water partition coefficient (Wildman–Crippen LogP) is 2.02. The molecule has 2 rings (SSSR count). The SMILES string of the molecule is CCOc1cc(-c2n[nH]nc2C(N)=O)cc(Cl)c1OCC. The second kappa shape index (κ2) is 6.45. The van der Waals surface area contributed by atoms with Crippen LogP contribution in [0.5, 0.6) is 11.5 Å². The van der Waals surface area contributed by atoms with Crippen LogP contribution < -0.4 is 15.2 Å². The van der Waals surface area contributed by atoms with Crippen molar-refractivity contribution >= 4 is 17.5 Å². The topological polar surface area (TPSA) is 103 Å². The Bertz CT molecular complexity index is 657. The second-order valence-corrected chi connectivity index (χ2v) is 4.44. The smallest absolute Gasteiger partial charge is 0.271 e. The maximum Gasteiger partial charge on any atom is 0.271 e. The molecule has 0 saturated carbocycles. The minimum atomic E-state index is -0.679. The van der Waals surface area contributed by atoms with Crippen LogP contribution in [0.3, 0.4) is 0 Å². The first-order valence-corrected chi connectivity index (χ1v) is 6.76. The zero-order valence-electron chi connectivity index (χ0n) is 11.6. The largest absolute Gasteiger partial charge is 0.490 e. The van der Waals surface area contributed by atoms with E-state index < -0.39 is 5.91 Å². The van der Waals surface area contributed by atoms with Gasteiger partial charge in [0.15, 0.2) is 17.2 Å². The molecule has 0 atom stereocenters. The molecule has 21 heavy (non-hydrogen) atoms. The average Bonchev–Trinajstić information content (AvgIpc) is 2.92. The van der Waals surface area contributed by atoms with Gasteiger partial charge in [0.1, 0.15) is 5.69 Å². The van der Waals surface area contributed by atoms with Crippen molar-refractivity contribution in [3.05, 3.63) is 22.8 Å². The minimum absolute atomic E-state index is 0.0395. The van der Waals surface area contributed by atoms with E-state index in [0.29, 0.717) is 41.0 Å². The van der Waals surface area contributed by atoms with Crippen LogP contribution in [-0.4, -0.2) is 34.5 Å². The van der Waals surface area contributed by atoms with Gasteiger partial charge in [0.05, 0.1) is 18.2 Å². The van der Waals surface area contributed by atoms with Crippen molar-refractivity contribution in [1.82, 2.24) is 15.4 Å². The van der Waals surface area contributed by atoms with E-state index in [0.717, 1.165) is 0 Å². The fourth-order valence-electron chi connectivity index (χ4n) is 1.86. The number of primary amides is 1. The van der Waals surface area contributed by atoms with Crippen molar-refractivity contribution < 1.29 is 14.3 Å². The Morgan fingerprint density at radius 2 is 2.00 bits per heavy atom. The number of aromatic nitrogens is 3. The molecule has 0 bridgehead atoms. The highest BCUT2D eigenvalue weighted by molar-refractivity contribution is 6.32. The molecule has 8 heteroatoms. The van der Waals surface area contributed by atoms with Gasteiger partial charge >= 0.3 is 0 Å². The zero-order chi connectivity index (χ0) is 15.4. The summed E-state index contributed by atoms with van der Waals surface area (Å²) in [6, 6.07) is 3.31. The van der Waals surface area contributed by atoms with Gasteiger partial charge in [0.25, 0.3) is 5.91 Å². The highest BCUT2D eigenvalue weighted by Gasteiger charge is 2.19. The molecule has 0 saturated heterocycles. The van der Waals surface area contributed by atoms with Crippen LogP contribution in [0.2, 0.25) is 5.02 Å². The van der Waals surface area contributed by atoms with E-state index in [1.54, 1.807) is 12.1 Å². The molecule has 1 amide bonds. The Kier molecular flexibility index (Phi) is 4.64. The first kappa shape index (κ1) is 15.1. The number of hydrogen-bond acceptors (Lipinski definition) is 5. The molecule has 112 valence electrons. The molecule has 3 N–H and O–H groups in total. The van der Waals surface area contributed by atoms with Crippen LogP contribution in [0, 0.1) is 0 Å². The highest BCUT2D eigenvalue weighted by atomic mass is 35.5. The summed E-state index contributed by atoms with van der Waals surface area (Å²) >= 11 is 6.22. The predicted molar refractivity (Wildman–Crippen MR) is 77.7 cm³/mol. The number of hydrogen-bond donors (Lipinski definition) is 2. The number of aromatic amines is 1. The third kappa shape index (κ3) is 3.08. The molecular weight excluding hydrogens is 296 g/mol. The maximum absolute atomic E-state index is 11.3. The molecule has 0 aliphatic carbocycles. The lowest BCUT2D eigenvalue weighted by atomic mass is 10.1. The quantitative estimate of drug-likeness (QED) is 0.849. The van der Waals surface area contributed by atoms with Crippen molar-refractivity contribution in [2.45, 2.75) is 13.8 Å². The lowest BCUT2D eigenvalue weighted by Gasteiger charge is -2.13. The number of H-pyrrole nitrogens is 1. The maximum atomic E-state index is 11.3. The van der Waals surface area contributed by atoms with Crippen LogP contribution in [0.1, 0.15) is 24.3 Å². The number of nitrogens with zero attached hydrogens (tertiary/aromatic N) is 2. The van der Waals surface area contributed by atoms with E-state index in [2.05, 4.69) is 15.4 Å². The summed E-state index contributed by atoms with van der Waals surface area (Å²) in [7, 11) is 0. The first-order chi connectivity index (χ1) is 10.1. The van der Waals surface area contributed by atoms with Crippen molar-refractivity contribution in [1.29, 1.82) is 0 Å². The minimum Gasteiger partial charge on any atom is -0.490 e. The molecule has 1 aromatic heterocycles. The van der Waals surface area contributed by atoms with Gasteiger partial charge in [-0.2, -0.15) is 15.4 Å². The normalized spacial score (nSPS) is 10.4. The Morgan fingerprint density at radius 1 is 1.29 bits per heavy atom. The van der Waals surface area contributed by atoms with Crippen molar-refractivity contribution in [3.8, 4) is 22.8 Å². The second-order valence-electron chi connectivity index (χ2n) is 4.04. The third-order valence-electron chi connectivity index (χ3n) is 2.65. The van der Waals surface area contributed by atoms with E-state index in [9.17, 15) is 4.79 Å². The summed E-state index contributed by atoms with van der Waals surface area (Å²) in [5.74, 6) is 0.246. The molecule has 7 nitrogen and oxygen atoms in total. The van der Waals surface area contributed by atoms with Gasteiger partial charge in [-0.1, -0.05) is 11.6 Å². The number of ether oxygens (including phenoxy) is 2. The summed E-state index contributed by atoms with van der Waals surface area (Å²) in [4.78, 5) is 11.3.